The van der Waals surface area contributed by atoms with Crippen LogP contribution in [-0.2, 0) is 9.53 Å². The van der Waals surface area contributed by atoms with Gasteiger partial charge in [-0.25, -0.2) is 0 Å². The van der Waals surface area contributed by atoms with Gasteiger partial charge in [-0.2, -0.15) is 0 Å². The Balaban J connectivity index is 2.79. The Hall–Kier alpha value is -0.610. The van der Waals surface area contributed by atoms with Crippen LogP contribution in [0.25, 0.3) is 0 Å². The van der Waals surface area contributed by atoms with Crippen LogP contribution in [0.4, 0.5) is 0 Å². The first-order valence-electron chi connectivity index (χ1n) is 6.48. The summed E-state index contributed by atoms with van der Waals surface area (Å²) in [7, 11) is 3.59. The highest BCUT2D eigenvalue weighted by atomic mass is 16.5. The lowest BCUT2D eigenvalue weighted by Gasteiger charge is -2.37. The molecule has 1 saturated heterocycles. The van der Waals surface area contributed by atoms with Gasteiger partial charge in [-0.15, -0.1) is 0 Å². The highest BCUT2D eigenvalue weighted by molar-refractivity contribution is 5.70. The molecule has 0 aromatic rings. The fourth-order valence-electron chi connectivity index (χ4n) is 2.84. The molecular weight excluding hydrogens is 216 g/mol. The zero-order chi connectivity index (χ0) is 13.0. The number of likely N-dealkylation sites (N-methyl/N-ethyl adjacent to an activating group) is 1. The van der Waals surface area contributed by atoms with Crippen molar-refractivity contribution >= 4 is 5.97 Å². The molecule has 0 radical (unpaired) electrons. The van der Waals surface area contributed by atoms with Crippen LogP contribution in [0.3, 0.4) is 0 Å². The summed E-state index contributed by atoms with van der Waals surface area (Å²) in [5.41, 5.74) is 0. The summed E-state index contributed by atoms with van der Waals surface area (Å²) >= 11 is 0. The van der Waals surface area contributed by atoms with E-state index in [9.17, 15) is 4.79 Å². The quantitative estimate of drug-likeness (QED) is 0.700. The Kier molecular flexibility index (Phi) is 5.40. The fraction of sp³-hybridized carbons (Fsp3) is 0.923. The topological polar surface area (TPSA) is 32.8 Å². The number of carbonyl (C=O) groups is 1. The van der Waals surface area contributed by atoms with Crippen LogP contribution < -0.4 is 0 Å². The van der Waals surface area contributed by atoms with Gasteiger partial charge in [0.1, 0.15) is 0 Å². The van der Waals surface area contributed by atoms with Gasteiger partial charge in [-0.1, -0.05) is 0 Å². The minimum atomic E-state index is -0.108. The van der Waals surface area contributed by atoms with Crippen molar-refractivity contribution in [3.63, 3.8) is 0 Å². The molecule has 0 aromatic heterocycles. The lowest BCUT2D eigenvalue weighted by molar-refractivity contribution is -0.142. The molecule has 0 spiro atoms. The number of ether oxygens (including phenoxy) is 1. The van der Waals surface area contributed by atoms with Crippen molar-refractivity contribution in [3.05, 3.63) is 0 Å². The fourth-order valence-corrected chi connectivity index (χ4v) is 2.84. The molecule has 0 N–H and O–H groups in total. The van der Waals surface area contributed by atoms with Crippen LogP contribution >= 0.6 is 0 Å². The Morgan fingerprint density at radius 1 is 1.47 bits per heavy atom. The molecule has 4 heteroatoms. The lowest BCUT2D eigenvalue weighted by Crippen LogP contribution is -2.48. The van der Waals surface area contributed by atoms with Crippen molar-refractivity contribution in [1.82, 2.24) is 9.80 Å². The summed E-state index contributed by atoms with van der Waals surface area (Å²) < 4.78 is 4.81. The minimum Gasteiger partial charge on any atom is -0.469 e. The minimum absolute atomic E-state index is 0.108. The highest BCUT2D eigenvalue weighted by Gasteiger charge is 2.31. The number of esters is 1. The molecule has 0 aliphatic carbocycles. The summed E-state index contributed by atoms with van der Waals surface area (Å²) in [6.45, 7) is 8.70. The molecule has 2 unspecified atom stereocenters. The van der Waals surface area contributed by atoms with Gasteiger partial charge < -0.3 is 9.64 Å². The number of rotatable bonds is 3. The van der Waals surface area contributed by atoms with Crippen LogP contribution in [0, 0.1) is 0 Å². The molecule has 0 aromatic carbocycles. The number of nitrogens with zero attached hydrogens (tertiary/aromatic N) is 2. The molecule has 0 amide bonds. The predicted octanol–water partition coefficient (Wildman–Crippen LogP) is 1.35. The summed E-state index contributed by atoms with van der Waals surface area (Å²) in [5.74, 6) is -0.108. The van der Waals surface area contributed by atoms with Crippen LogP contribution in [0.15, 0.2) is 0 Å². The first-order chi connectivity index (χ1) is 7.95. The molecular formula is C13H26N2O2. The van der Waals surface area contributed by atoms with E-state index in [4.69, 9.17) is 4.74 Å². The summed E-state index contributed by atoms with van der Waals surface area (Å²) in [5, 5.41) is 0. The van der Waals surface area contributed by atoms with Gasteiger partial charge in [-0.05, 0) is 40.8 Å². The van der Waals surface area contributed by atoms with Crippen molar-refractivity contribution in [3.8, 4) is 0 Å². The SMILES string of the molecule is COC(=O)CC1CN(C)CCC(C)N1C(C)C. The molecule has 1 fully saturated rings. The lowest BCUT2D eigenvalue weighted by atomic mass is 10.1. The third-order valence-electron chi connectivity index (χ3n) is 3.61. The Labute approximate surface area is 105 Å². The molecule has 1 heterocycles. The van der Waals surface area contributed by atoms with Crippen LogP contribution in [-0.4, -0.2) is 61.1 Å². The van der Waals surface area contributed by atoms with Crippen molar-refractivity contribution in [1.29, 1.82) is 0 Å². The standard InChI is InChI=1S/C13H26N2O2/c1-10(2)15-11(3)6-7-14(4)9-12(15)8-13(16)17-5/h10-12H,6-9H2,1-5H3. The van der Waals surface area contributed by atoms with Crippen molar-refractivity contribution in [2.75, 3.05) is 27.2 Å². The molecule has 100 valence electrons. The summed E-state index contributed by atoms with van der Waals surface area (Å²) in [6, 6.07) is 1.26. The molecule has 2 atom stereocenters. The molecule has 1 rings (SSSR count). The highest BCUT2D eigenvalue weighted by Crippen LogP contribution is 2.20. The van der Waals surface area contributed by atoms with E-state index >= 15 is 0 Å². The molecule has 17 heavy (non-hydrogen) atoms. The maximum Gasteiger partial charge on any atom is 0.307 e. The van der Waals surface area contributed by atoms with Crippen molar-refractivity contribution < 1.29 is 9.53 Å². The van der Waals surface area contributed by atoms with Gasteiger partial charge in [0.15, 0.2) is 0 Å². The zero-order valence-electron chi connectivity index (χ0n) is 11.8. The van der Waals surface area contributed by atoms with E-state index in [1.165, 1.54) is 7.11 Å². The second-order valence-electron chi connectivity index (χ2n) is 5.37. The van der Waals surface area contributed by atoms with E-state index in [2.05, 4.69) is 37.6 Å². The molecule has 1 aliphatic rings. The van der Waals surface area contributed by atoms with Crippen LogP contribution in [0.2, 0.25) is 0 Å². The van der Waals surface area contributed by atoms with Gasteiger partial charge >= 0.3 is 5.97 Å². The van der Waals surface area contributed by atoms with Gasteiger partial charge in [0.05, 0.1) is 13.5 Å². The van der Waals surface area contributed by atoms with E-state index in [-0.39, 0.29) is 12.0 Å². The summed E-state index contributed by atoms with van der Waals surface area (Å²) in [6.07, 6.45) is 1.65. The first kappa shape index (κ1) is 14.5. The zero-order valence-corrected chi connectivity index (χ0v) is 11.8. The van der Waals surface area contributed by atoms with E-state index in [1.54, 1.807) is 0 Å². The Morgan fingerprint density at radius 2 is 2.12 bits per heavy atom. The maximum absolute atomic E-state index is 11.5. The van der Waals surface area contributed by atoms with E-state index in [1.807, 2.05) is 0 Å². The molecule has 0 saturated carbocycles. The Morgan fingerprint density at radius 3 is 2.65 bits per heavy atom. The number of methoxy groups -OCH3 is 1. The molecule has 0 bridgehead atoms. The van der Waals surface area contributed by atoms with Crippen LogP contribution in [0.1, 0.15) is 33.6 Å². The number of carbonyl (C=O) groups excluding carboxylic acids is 1. The number of hydrogen-bond acceptors (Lipinski definition) is 4. The normalized spacial score (nSPS) is 28.1. The van der Waals surface area contributed by atoms with Crippen molar-refractivity contribution in [2.45, 2.75) is 51.7 Å². The third kappa shape index (κ3) is 3.96. The maximum atomic E-state index is 11.5. The van der Waals surface area contributed by atoms with Gasteiger partial charge in [0, 0.05) is 24.7 Å². The second kappa shape index (κ2) is 6.36. The first-order valence-corrected chi connectivity index (χ1v) is 6.48. The van der Waals surface area contributed by atoms with Gasteiger partial charge in [0.2, 0.25) is 0 Å². The molecule has 1 aliphatic heterocycles. The van der Waals surface area contributed by atoms with E-state index in [0.29, 0.717) is 18.5 Å². The predicted molar refractivity (Wildman–Crippen MR) is 69.0 cm³/mol. The Bertz CT molecular complexity index is 256. The van der Waals surface area contributed by atoms with Crippen molar-refractivity contribution in [2.24, 2.45) is 0 Å². The van der Waals surface area contributed by atoms with E-state index in [0.717, 1.165) is 19.5 Å². The smallest absolute Gasteiger partial charge is 0.307 e. The van der Waals surface area contributed by atoms with Gasteiger partial charge in [0.25, 0.3) is 0 Å². The van der Waals surface area contributed by atoms with Gasteiger partial charge in [-0.3, -0.25) is 9.69 Å². The molecule has 4 nitrogen and oxygen atoms in total. The summed E-state index contributed by atoms with van der Waals surface area (Å²) in [4.78, 5) is 16.3. The monoisotopic (exact) mass is 242 g/mol. The average Bonchev–Trinajstić information content (AvgIpc) is 2.38. The van der Waals surface area contributed by atoms with Crippen LogP contribution in [0.5, 0.6) is 0 Å². The van der Waals surface area contributed by atoms with E-state index < -0.39 is 0 Å². The average molecular weight is 242 g/mol. The second-order valence-corrected chi connectivity index (χ2v) is 5.37. The largest absolute Gasteiger partial charge is 0.469 e. The third-order valence-corrected chi connectivity index (χ3v) is 3.61. The number of hydrogen-bond donors (Lipinski definition) is 0.